The lowest BCUT2D eigenvalue weighted by Gasteiger charge is -2.29. The number of tetrazole rings is 1. The molecule has 2 aromatic rings. The van der Waals surface area contributed by atoms with Gasteiger partial charge >= 0.3 is 0 Å². The van der Waals surface area contributed by atoms with Gasteiger partial charge in [0.05, 0.1) is 19.7 Å². The quantitative estimate of drug-likeness (QED) is 0.726. The van der Waals surface area contributed by atoms with Crippen molar-refractivity contribution in [3.63, 3.8) is 0 Å². The molecule has 1 aliphatic rings. The molecule has 0 bridgehead atoms. The first-order chi connectivity index (χ1) is 13.5. The van der Waals surface area contributed by atoms with E-state index in [-0.39, 0.29) is 18.5 Å². The molecule has 1 aliphatic heterocycles. The highest BCUT2D eigenvalue weighted by molar-refractivity contribution is 5.76. The minimum Gasteiger partial charge on any atom is -0.497 e. The maximum Gasteiger partial charge on any atom is 0.244 e. The van der Waals surface area contributed by atoms with E-state index in [0.29, 0.717) is 6.54 Å². The number of nitrogens with zero attached hydrogens (tertiary/aromatic N) is 6. The summed E-state index contributed by atoms with van der Waals surface area (Å²) in [5.41, 5.74) is 1.02. The van der Waals surface area contributed by atoms with Crippen LogP contribution in [0.4, 0.5) is 0 Å². The van der Waals surface area contributed by atoms with Crippen molar-refractivity contribution in [1.82, 2.24) is 30.0 Å². The third-order valence-electron chi connectivity index (χ3n) is 5.68. The Balaban J connectivity index is 1.62. The molecule has 8 heteroatoms. The van der Waals surface area contributed by atoms with Crippen LogP contribution in [0.25, 0.3) is 0 Å². The van der Waals surface area contributed by atoms with Crippen molar-refractivity contribution in [2.45, 2.75) is 45.8 Å². The first kappa shape index (κ1) is 20.3. The number of hydrogen-bond acceptors (Lipinski definition) is 6. The molecule has 3 rings (SSSR count). The summed E-state index contributed by atoms with van der Waals surface area (Å²) in [7, 11) is 3.45. The van der Waals surface area contributed by atoms with E-state index < -0.39 is 0 Å². The number of methoxy groups -OCH3 is 1. The van der Waals surface area contributed by atoms with Crippen LogP contribution in [0.2, 0.25) is 0 Å². The fourth-order valence-corrected chi connectivity index (χ4v) is 3.46. The summed E-state index contributed by atoms with van der Waals surface area (Å²) >= 11 is 0. The number of ether oxygens (including phenoxy) is 1. The lowest BCUT2D eigenvalue weighted by atomic mass is 9.99. The predicted octanol–water partition coefficient (Wildman–Crippen LogP) is 2.13. The molecule has 0 aliphatic carbocycles. The summed E-state index contributed by atoms with van der Waals surface area (Å²) in [6, 6.07) is 7.70. The molecular weight excluding hydrogens is 356 g/mol. The summed E-state index contributed by atoms with van der Waals surface area (Å²) in [6.07, 6.45) is 2.39. The molecule has 28 heavy (non-hydrogen) atoms. The van der Waals surface area contributed by atoms with Crippen LogP contribution in [0.15, 0.2) is 24.3 Å². The van der Waals surface area contributed by atoms with Gasteiger partial charge < -0.3 is 9.64 Å². The van der Waals surface area contributed by atoms with Crippen LogP contribution >= 0.6 is 0 Å². The van der Waals surface area contributed by atoms with Crippen LogP contribution < -0.4 is 4.74 Å². The zero-order valence-electron chi connectivity index (χ0n) is 17.2. The van der Waals surface area contributed by atoms with E-state index in [9.17, 15) is 4.79 Å². The van der Waals surface area contributed by atoms with E-state index in [0.717, 1.165) is 36.1 Å². The molecule has 0 N–H and O–H groups in total. The van der Waals surface area contributed by atoms with Crippen LogP contribution in [0.3, 0.4) is 0 Å². The van der Waals surface area contributed by atoms with E-state index in [4.69, 9.17) is 4.74 Å². The summed E-state index contributed by atoms with van der Waals surface area (Å²) in [4.78, 5) is 16.9. The van der Waals surface area contributed by atoms with Crippen LogP contribution in [0.1, 0.15) is 44.1 Å². The molecule has 1 atom stereocenters. The first-order valence-corrected chi connectivity index (χ1v) is 9.85. The molecular formula is C20H30N6O2. The van der Waals surface area contributed by atoms with E-state index in [1.54, 1.807) is 16.7 Å². The Hall–Kier alpha value is -2.48. The minimum absolute atomic E-state index is 0.0314. The second-order valence-electron chi connectivity index (χ2n) is 7.67. The number of carbonyl (C=O) groups is 1. The van der Waals surface area contributed by atoms with Crippen molar-refractivity contribution < 1.29 is 9.53 Å². The number of benzene rings is 1. The van der Waals surface area contributed by atoms with E-state index >= 15 is 0 Å². The first-order valence-electron chi connectivity index (χ1n) is 9.85. The second kappa shape index (κ2) is 9.14. The van der Waals surface area contributed by atoms with Crippen LogP contribution in [0, 0.1) is 5.92 Å². The maximum absolute atomic E-state index is 12.8. The van der Waals surface area contributed by atoms with Crippen LogP contribution in [0.5, 0.6) is 5.75 Å². The Labute approximate surface area is 166 Å². The largest absolute Gasteiger partial charge is 0.497 e. The van der Waals surface area contributed by atoms with Crippen molar-refractivity contribution in [1.29, 1.82) is 0 Å². The second-order valence-corrected chi connectivity index (χ2v) is 7.67. The number of carbonyl (C=O) groups excluding carboxylic acids is 1. The van der Waals surface area contributed by atoms with Gasteiger partial charge in [0.15, 0.2) is 5.82 Å². The molecule has 0 radical (unpaired) electrons. The molecule has 1 aromatic carbocycles. The Kier molecular flexibility index (Phi) is 6.61. The van der Waals surface area contributed by atoms with Crippen molar-refractivity contribution in [2.75, 3.05) is 27.2 Å². The van der Waals surface area contributed by atoms with Gasteiger partial charge in [-0.1, -0.05) is 19.1 Å². The molecule has 152 valence electrons. The molecule has 0 saturated carbocycles. The van der Waals surface area contributed by atoms with Gasteiger partial charge in [0.25, 0.3) is 0 Å². The molecule has 1 aromatic heterocycles. The molecule has 2 heterocycles. The topological polar surface area (TPSA) is 76.4 Å². The van der Waals surface area contributed by atoms with Gasteiger partial charge in [-0.2, -0.15) is 0 Å². The summed E-state index contributed by atoms with van der Waals surface area (Å²) in [5.74, 6) is 2.27. The number of amides is 1. The molecule has 0 unspecified atom stereocenters. The van der Waals surface area contributed by atoms with Gasteiger partial charge in [-0.05, 0) is 66.9 Å². The number of likely N-dealkylation sites (tertiary alicyclic amines) is 1. The fourth-order valence-electron chi connectivity index (χ4n) is 3.46. The zero-order valence-corrected chi connectivity index (χ0v) is 17.2. The van der Waals surface area contributed by atoms with Crippen LogP contribution in [-0.2, 0) is 17.9 Å². The van der Waals surface area contributed by atoms with Gasteiger partial charge in [0.2, 0.25) is 5.91 Å². The smallest absolute Gasteiger partial charge is 0.244 e. The number of hydrogen-bond donors (Lipinski definition) is 0. The highest BCUT2D eigenvalue weighted by Crippen LogP contribution is 2.23. The lowest BCUT2D eigenvalue weighted by molar-refractivity contribution is -0.132. The SMILES string of the molecule is COc1cccc([C@H](C)N(C)C(=O)Cn2nnnc2CN2CCC(C)CC2)c1. The maximum atomic E-state index is 12.8. The van der Waals surface area contributed by atoms with Gasteiger partial charge in [-0.3, -0.25) is 9.69 Å². The Morgan fingerprint density at radius 3 is 2.82 bits per heavy atom. The summed E-state index contributed by atoms with van der Waals surface area (Å²) < 4.78 is 6.91. The third-order valence-corrected chi connectivity index (χ3v) is 5.68. The number of aromatic nitrogens is 4. The Morgan fingerprint density at radius 2 is 2.11 bits per heavy atom. The average molecular weight is 387 g/mol. The standard InChI is InChI=1S/C20H30N6O2/c1-15-8-10-25(11-9-15)13-19-21-22-23-26(19)14-20(27)24(3)16(2)17-6-5-7-18(12-17)28-4/h5-7,12,15-16H,8-11,13-14H2,1-4H3/t16-/m0/s1. The average Bonchev–Trinajstić information content (AvgIpc) is 3.15. The van der Waals surface area contributed by atoms with Gasteiger partial charge in [-0.25, -0.2) is 4.68 Å². The van der Waals surface area contributed by atoms with Crippen molar-refractivity contribution in [2.24, 2.45) is 5.92 Å². The van der Waals surface area contributed by atoms with Gasteiger partial charge in [-0.15, -0.1) is 5.10 Å². The van der Waals surface area contributed by atoms with E-state index in [1.807, 2.05) is 38.2 Å². The van der Waals surface area contributed by atoms with E-state index in [1.165, 1.54) is 12.8 Å². The monoisotopic (exact) mass is 386 g/mol. The minimum atomic E-state index is -0.0777. The van der Waals surface area contributed by atoms with E-state index in [2.05, 4.69) is 27.3 Å². The lowest BCUT2D eigenvalue weighted by Crippen LogP contribution is -2.35. The molecule has 0 spiro atoms. The highest BCUT2D eigenvalue weighted by atomic mass is 16.5. The number of likely N-dealkylation sites (N-methyl/N-ethyl adjacent to an activating group) is 1. The number of piperidine rings is 1. The van der Waals surface area contributed by atoms with Gasteiger partial charge in [0.1, 0.15) is 12.3 Å². The molecule has 1 fully saturated rings. The van der Waals surface area contributed by atoms with Gasteiger partial charge in [0, 0.05) is 7.05 Å². The predicted molar refractivity (Wildman–Crippen MR) is 106 cm³/mol. The Bertz CT molecular complexity index is 785. The van der Waals surface area contributed by atoms with Crippen molar-refractivity contribution in [3.05, 3.63) is 35.7 Å². The normalized spacial score (nSPS) is 16.7. The molecule has 1 saturated heterocycles. The molecule has 1 amide bonds. The fraction of sp³-hybridized carbons (Fsp3) is 0.600. The zero-order chi connectivity index (χ0) is 20.1. The summed E-state index contributed by atoms with van der Waals surface area (Å²) in [6.45, 7) is 7.21. The summed E-state index contributed by atoms with van der Waals surface area (Å²) in [5, 5.41) is 12.0. The van der Waals surface area contributed by atoms with Crippen molar-refractivity contribution in [3.8, 4) is 5.75 Å². The highest BCUT2D eigenvalue weighted by Gasteiger charge is 2.22. The molecule has 8 nitrogen and oxygen atoms in total. The third kappa shape index (κ3) is 4.86. The Morgan fingerprint density at radius 1 is 1.36 bits per heavy atom. The number of rotatable bonds is 7. The van der Waals surface area contributed by atoms with Crippen LogP contribution in [-0.4, -0.2) is 63.2 Å². The van der Waals surface area contributed by atoms with Crippen molar-refractivity contribution >= 4 is 5.91 Å².